The Morgan fingerprint density at radius 1 is 0.535 bits per heavy atom. The maximum absolute atomic E-state index is 13.1. The highest BCUT2D eigenvalue weighted by atomic mass is 19.4. The Bertz CT molecular complexity index is 2580. The van der Waals surface area contributed by atoms with Crippen molar-refractivity contribution in [2.24, 2.45) is 10.7 Å². The number of nitrogens with zero attached hydrogens (tertiary/aromatic N) is 7. The summed E-state index contributed by atoms with van der Waals surface area (Å²) in [5.74, 6) is -3.45. The van der Waals surface area contributed by atoms with Crippen molar-refractivity contribution < 1.29 is 127 Å². The Morgan fingerprint density at radius 2 is 0.907 bits per heavy atom. The topological polar surface area (TPSA) is 432 Å². The quantitative estimate of drug-likeness (QED) is 0.0195. The number of aliphatic hydroxyl groups is 6. The lowest BCUT2D eigenvalue weighted by atomic mass is 9.98. The third kappa shape index (κ3) is 21.2. The molecular formula is C46H60F9N13O18. The summed E-state index contributed by atoms with van der Waals surface area (Å²) in [5.41, 5.74) is 7.10. The zero-order valence-corrected chi connectivity index (χ0v) is 44.6. The van der Waals surface area contributed by atoms with Crippen molar-refractivity contribution in [3.05, 3.63) is 54.3 Å². The SMILES string of the molecule is NC(COCCC(=O)NOC[C@H]1OC[C@H](Nc2cncc(C(F)(F)F)n2)[C@@H](O)[C@H]1O)(COCCC(=O)NOC[C@H]1OC[C@H](Nc2cncc(C(F)(F)F)n2)[C@@H](O)[C@H]1O)COCCC(=O)NOC[C@H]1OCC(=Nc2cncc(C(F)(F)F)n2)[C@@H](O)[C@H]1O. The average Bonchev–Trinajstić information content (AvgIpc) is 3.26. The first-order chi connectivity index (χ1) is 40.6. The molecule has 0 unspecified atom stereocenters. The predicted molar refractivity (Wildman–Crippen MR) is 264 cm³/mol. The number of aliphatic imine (C=N–C) groups is 1. The van der Waals surface area contributed by atoms with Gasteiger partial charge in [-0.05, 0) is 0 Å². The first kappa shape index (κ1) is 68.8. The molecule has 0 spiro atoms. The Labute approximate surface area is 479 Å². The number of aromatic nitrogens is 6. The number of rotatable bonds is 29. The van der Waals surface area contributed by atoms with E-state index in [0.717, 1.165) is 18.6 Å². The maximum Gasteiger partial charge on any atom is 0.434 e. The van der Waals surface area contributed by atoms with Gasteiger partial charge in [-0.2, -0.15) is 39.5 Å². The van der Waals surface area contributed by atoms with Gasteiger partial charge in [-0.1, -0.05) is 0 Å². The van der Waals surface area contributed by atoms with Crippen LogP contribution in [0.4, 0.5) is 57.0 Å². The second kappa shape index (κ2) is 31.5. The minimum Gasteiger partial charge on any atom is -0.388 e. The van der Waals surface area contributed by atoms with Crippen molar-refractivity contribution in [2.45, 2.75) is 110 Å². The highest BCUT2D eigenvalue weighted by Gasteiger charge is 2.42. The van der Waals surface area contributed by atoms with E-state index in [0.29, 0.717) is 18.6 Å². The molecule has 13 N–H and O–H groups in total. The molecule has 11 atom stereocenters. The van der Waals surface area contributed by atoms with Crippen LogP contribution >= 0.6 is 0 Å². The molecule has 0 radical (unpaired) electrons. The molecule has 3 aliphatic heterocycles. The van der Waals surface area contributed by atoms with Crippen LogP contribution in [0.25, 0.3) is 0 Å². The highest BCUT2D eigenvalue weighted by Crippen LogP contribution is 2.31. The number of hydroxylamine groups is 3. The molecule has 31 nitrogen and oxygen atoms in total. The summed E-state index contributed by atoms with van der Waals surface area (Å²) in [7, 11) is 0. The van der Waals surface area contributed by atoms with Crippen LogP contribution in [0, 0.1) is 0 Å². The molecule has 0 bridgehead atoms. The molecule has 0 aromatic carbocycles. The molecule has 3 saturated heterocycles. The average molecular weight is 1250 g/mol. The fourth-order valence-corrected chi connectivity index (χ4v) is 7.76. The van der Waals surface area contributed by atoms with Crippen molar-refractivity contribution in [1.82, 2.24) is 46.3 Å². The van der Waals surface area contributed by atoms with Crippen LogP contribution in [0.1, 0.15) is 36.3 Å². The van der Waals surface area contributed by atoms with Crippen molar-refractivity contribution in [3.63, 3.8) is 0 Å². The number of ether oxygens (including phenoxy) is 6. The Kier molecular flexibility index (Phi) is 25.2. The number of hydrogen-bond acceptors (Lipinski definition) is 28. The fourth-order valence-electron chi connectivity index (χ4n) is 7.76. The standard InChI is InChI=1S/C46H60F9N13O18/c47-44(48,49)28-7-57-10-31(63-28)60-22-13-81-25(40(75)37(22)72)16-84-66-34(69)1-4-78-19-43(56,20-79-5-2-35(70)67-85-17-26-41(76)38(73)23(14-82-26)61-32-11-58-8-29(64-32)45(50,51)52)21-80-6-3-36(71)68-86-18-27-42(77)39(74)24(15-83-27)62-33-12-59-9-30(65-33)46(53,54)55/h7-12,22-23,25-27,37-42,72-77H,1-6,13-21,56H2,(H,60,63)(H,61,64)(H,66,69)(H,67,70)(H,68,71)/t22-,23-,25+,26+,27+,37+,38+,39+,40-,41-,42-/m0/s1. The van der Waals surface area contributed by atoms with Crippen molar-refractivity contribution in [2.75, 3.05) is 89.9 Å². The summed E-state index contributed by atoms with van der Waals surface area (Å²) in [4.78, 5) is 77.4. The molecule has 0 aliphatic carbocycles. The molecule has 3 aromatic heterocycles. The first-order valence-corrected chi connectivity index (χ1v) is 25.6. The van der Waals surface area contributed by atoms with E-state index in [1.165, 1.54) is 0 Å². The summed E-state index contributed by atoms with van der Waals surface area (Å²) in [6, 6.07) is -2.23. The van der Waals surface area contributed by atoms with Gasteiger partial charge in [-0.15, -0.1) is 0 Å². The van der Waals surface area contributed by atoms with E-state index in [4.69, 9.17) is 48.7 Å². The van der Waals surface area contributed by atoms with Gasteiger partial charge in [-0.25, -0.2) is 36.4 Å². The zero-order chi connectivity index (χ0) is 62.8. The van der Waals surface area contributed by atoms with Gasteiger partial charge in [0, 0.05) is 0 Å². The van der Waals surface area contributed by atoms with Crippen LogP contribution < -0.4 is 32.8 Å². The molecular weight excluding hydrogens is 1190 g/mol. The van der Waals surface area contributed by atoms with Crippen LogP contribution in [0.2, 0.25) is 0 Å². The summed E-state index contributed by atoms with van der Waals surface area (Å²) >= 11 is 0. The van der Waals surface area contributed by atoms with E-state index in [1.807, 2.05) is 0 Å². The maximum atomic E-state index is 13.1. The van der Waals surface area contributed by atoms with Gasteiger partial charge in [0.25, 0.3) is 0 Å². The molecule has 3 aliphatic rings. The summed E-state index contributed by atoms with van der Waals surface area (Å²) in [6.07, 6.45) is -24.7. The Morgan fingerprint density at radius 3 is 1.30 bits per heavy atom. The molecule has 86 heavy (non-hydrogen) atoms. The molecule has 3 fully saturated rings. The van der Waals surface area contributed by atoms with E-state index in [-0.39, 0.29) is 89.5 Å². The summed E-state index contributed by atoms with van der Waals surface area (Å²) < 4.78 is 151. The number of nitrogens with two attached hydrogens (primary N) is 1. The van der Waals surface area contributed by atoms with Gasteiger partial charge in [-0.3, -0.25) is 43.8 Å². The number of amides is 3. The monoisotopic (exact) mass is 1250 g/mol. The van der Waals surface area contributed by atoms with E-state index in [9.17, 15) is 84.5 Å². The summed E-state index contributed by atoms with van der Waals surface area (Å²) in [6.45, 7) is -4.64. The van der Waals surface area contributed by atoms with Gasteiger partial charge in [0.15, 0.2) is 22.9 Å². The first-order valence-electron chi connectivity index (χ1n) is 25.6. The number of anilines is 2. The lowest BCUT2D eigenvalue weighted by molar-refractivity contribution is -0.172. The lowest BCUT2D eigenvalue weighted by Gasteiger charge is -2.37. The molecule has 0 saturated carbocycles. The Balaban J connectivity index is 0.910. The second-order valence-electron chi connectivity index (χ2n) is 19.2. The number of carbonyl (C=O) groups excluding carboxylic acids is 3. The van der Waals surface area contributed by atoms with Crippen molar-refractivity contribution >= 4 is 40.9 Å². The smallest absolute Gasteiger partial charge is 0.388 e. The molecule has 6 heterocycles. The minimum atomic E-state index is -4.82. The third-order valence-corrected chi connectivity index (χ3v) is 12.3. The van der Waals surface area contributed by atoms with E-state index < -0.39 is 158 Å². The number of aliphatic hydroxyl groups excluding tert-OH is 6. The van der Waals surface area contributed by atoms with Crippen LogP contribution in [0.15, 0.2) is 42.2 Å². The molecule has 480 valence electrons. The van der Waals surface area contributed by atoms with Crippen molar-refractivity contribution in [3.8, 4) is 0 Å². The van der Waals surface area contributed by atoms with Gasteiger partial charge in [0.05, 0.1) is 139 Å². The van der Waals surface area contributed by atoms with Crippen molar-refractivity contribution in [1.29, 1.82) is 0 Å². The predicted octanol–water partition coefficient (Wildman–Crippen LogP) is -2.43. The number of carbonyl (C=O) groups is 3. The number of halogens is 9. The van der Waals surface area contributed by atoms with Gasteiger partial charge >= 0.3 is 18.5 Å². The van der Waals surface area contributed by atoms with Crippen LogP contribution in [-0.2, 0) is 75.8 Å². The van der Waals surface area contributed by atoms with Gasteiger partial charge < -0.3 is 75.4 Å². The second-order valence-corrected chi connectivity index (χ2v) is 19.2. The largest absolute Gasteiger partial charge is 0.434 e. The van der Waals surface area contributed by atoms with E-state index in [2.05, 4.69) is 62.0 Å². The normalized spacial score (nSPS) is 25.3. The fraction of sp³-hybridized carbons (Fsp3) is 0.652. The zero-order valence-electron chi connectivity index (χ0n) is 44.6. The third-order valence-electron chi connectivity index (χ3n) is 12.3. The molecule has 6 rings (SSSR count). The summed E-state index contributed by atoms with van der Waals surface area (Å²) in [5, 5.41) is 68.5. The molecule has 40 heteroatoms. The number of nitrogens with one attached hydrogen (secondary N) is 5. The van der Waals surface area contributed by atoms with Gasteiger partial charge in [0.1, 0.15) is 86.4 Å². The minimum absolute atomic E-state index is 0.264. The van der Waals surface area contributed by atoms with E-state index in [1.54, 1.807) is 0 Å². The highest BCUT2D eigenvalue weighted by molar-refractivity contribution is 5.92. The molecule has 3 aromatic rings. The molecule has 3 amide bonds. The number of hydrogen-bond donors (Lipinski definition) is 12. The van der Waals surface area contributed by atoms with Crippen LogP contribution in [0.5, 0.6) is 0 Å². The lowest BCUT2D eigenvalue weighted by Crippen LogP contribution is -2.57. The number of alkyl halides is 9. The van der Waals surface area contributed by atoms with Crippen LogP contribution in [-0.4, -0.2) is 236 Å². The van der Waals surface area contributed by atoms with Crippen LogP contribution in [0.3, 0.4) is 0 Å². The van der Waals surface area contributed by atoms with E-state index >= 15 is 0 Å². The van der Waals surface area contributed by atoms with Gasteiger partial charge in [0.2, 0.25) is 17.7 Å². The Hall–Kier alpha value is -6.35.